The summed E-state index contributed by atoms with van der Waals surface area (Å²) in [6.45, 7) is 0. The maximum atomic E-state index is 9.89. The van der Waals surface area contributed by atoms with E-state index < -0.39 is 6.29 Å². The van der Waals surface area contributed by atoms with Crippen molar-refractivity contribution in [3.8, 4) is 0 Å². The van der Waals surface area contributed by atoms with Crippen molar-refractivity contribution in [2.75, 3.05) is 14.2 Å². The fourth-order valence-corrected chi connectivity index (χ4v) is 0.922. The van der Waals surface area contributed by atoms with Crippen molar-refractivity contribution in [2.45, 2.75) is 6.29 Å². The first-order valence-electron chi connectivity index (χ1n) is 4.96. The SMILES string of the molecule is COC(C=O)OC.O=CC=Cc1ccccc1. The molecule has 0 fully saturated rings. The van der Waals surface area contributed by atoms with Crippen LogP contribution in [0.5, 0.6) is 0 Å². The van der Waals surface area contributed by atoms with E-state index in [1.54, 1.807) is 6.08 Å². The summed E-state index contributed by atoms with van der Waals surface area (Å²) in [6.07, 6.45) is 3.91. The van der Waals surface area contributed by atoms with Crippen molar-refractivity contribution in [1.82, 2.24) is 0 Å². The number of methoxy groups -OCH3 is 2. The summed E-state index contributed by atoms with van der Waals surface area (Å²) in [6, 6.07) is 9.70. The van der Waals surface area contributed by atoms with Gasteiger partial charge in [0.05, 0.1) is 0 Å². The zero-order valence-electron chi connectivity index (χ0n) is 9.91. The molecule has 1 aromatic rings. The molecule has 4 heteroatoms. The number of carbonyl (C=O) groups excluding carboxylic acids is 2. The molecular formula is C13H16O4. The van der Waals surface area contributed by atoms with Gasteiger partial charge in [-0.3, -0.25) is 9.59 Å². The first-order chi connectivity index (χ1) is 8.28. The van der Waals surface area contributed by atoms with Gasteiger partial charge in [0.2, 0.25) is 6.29 Å². The van der Waals surface area contributed by atoms with Gasteiger partial charge in [0.1, 0.15) is 6.29 Å². The van der Waals surface area contributed by atoms with Crippen molar-refractivity contribution in [3.05, 3.63) is 42.0 Å². The fourth-order valence-electron chi connectivity index (χ4n) is 0.922. The van der Waals surface area contributed by atoms with Gasteiger partial charge in [-0.2, -0.15) is 0 Å². The Kier molecular flexibility index (Phi) is 9.61. The summed E-state index contributed by atoms with van der Waals surface area (Å²) in [4.78, 5) is 19.6. The quantitative estimate of drug-likeness (QED) is 0.443. The molecule has 0 saturated carbocycles. The average molecular weight is 236 g/mol. The van der Waals surface area contributed by atoms with Crippen molar-refractivity contribution < 1.29 is 19.1 Å². The summed E-state index contributed by atoms with van der Waals surface area (Å²) in [5, 5.41) is 0. The van der Waals surface area contributed by atoms with Crippen LogP contribution in [0.3, 0.4) is 0 Å². The predicted octanol–water partition coefficient (Wildman–Crippen LogP) is 1.70. The van der Waals surface area contributed by atoms with Gasteiger partial charge in [-0.05, 0) is 11.6 Å². The maximum absolute atomic E-state index is 9.89. The molecule has 4 nitrogen and oxygen atoms in total. The van der Waals surface area contributed by atoms with Crippen LogP contribution in [-0.2, 0) is 19.1 Å². The van der Waals surface area contributed by atoms with Crippen molar-refractivity contribution in [1.29, 1.82) is 0 Å². The van der Waals surface area contributed by atoms with Crippen molar-refractivity contribution in [2.24, 2.45) is 0 Å². The molecule has 0 aliphatic heterocycles. The van der Waals surface area contributed by atoms with Gasteiger partial charge >= 0.3 is 0 Å². The Balaban J connectivity index is 0.000000325. The van der Waals surface area contributed by atoms with Gasteiger partial charge < -0.3 is 9.47 Å². The molecule has 0 N–H and O–H groups in total. The third-order valence-electron chi connectivity index (χ3n) is 1.74. The van der Waals surface area contributed by atoms with Crippen LogP contribution in [0, 0.1) is 0 Å². The highest BCUT2D eigenvalue weighted by Gasteiger charge is 1.97. The Morgan fingerprint density at radius 3 is 2.00 bits per heavy atom. The Morgan fingerprint density at radius 2 is 1.65 bits per heavy atom. The van der Waals surface area contributed by atoms with Crippen LogP contribution in [0.15, 0.2) is 36.4 Å². The number of allylic oxidation sites excluding steroid dienone is 1. The number of rotatable bonds is 5. The lowest BCUT2D eigenvalue weighted by Crippen LogP contribution is -2.13. The van der Waals surface area contributed by atoms with E-state index >= 15 is 0 Å². The van der Waals surface area contributed by atoms with Crippen LogP contribution in [0.4, 0.5) is 0 Å². The lowest BCUT2D eigenvalue weighted by Gasteiger charge is -2.01. The molecule has 0 amide bonds. The molecule has 92 valence electrons. The second kappa shape index (κ2) is 10.7. The molecule has 0 atom stereocenters. The minimum Gasteiger partial charge on any atom is -0.350 e. The summed E-state index contributed by atoms with van der Waals surface area (Å²) >= 11 is 0. The molecule has 0 aromatic heterocycles. The minimum absolute atomic E-state index is 0.583. The van der Waals surface area contributed by atoms with Gasteiger partial charge in [-0.15, -0.1) is 0 Å². The number of benzene rings is 1. The van der Waals surface area contributed by atoms with Crippen LogP contribution in [0.25, 0.3) is 6.08 Å². The maximum Gasteiger partial charge on any atom is 0.214 e. The fraction of sp³-hybridized carbons (Fsp3) is 0.231. The number of aldehydes is 2. The van der Waals surface area contributed by atoms with E-state index in [4.69, 9.17) is 0 Å². The molecule has 1 rings (SSSR count). The molecule has 1 aromatic carbocycles. The topological polar surface area (TPSA) is 52.6 Å². The third kappa shape index (κ3) is 8.07. The summed E-state index contributed by atoms with van der Waals surface area (Å²) in [7, 11) is 2.81. The van der Waals surface area contributed by atoms with Crippen LogP contribution in [0.2, 0.25) is 0 Å². The Morgan fingerprint density at radius 1 is 1.06 bits per heavy atom. The van der Waals surface area contributed by atoms with Gasteiger partial charge in [-0.25, -0.2) is 0 Å². The van der Waals surface area contributed by atoms with Crippen LogP contribution in [0.1, 0.15) is 5.56 Å². The number of ether oxygens (including phenoxy) is 2. The molecule has 0 radical (unpaired) electrons. The molecule has 0 saturated heterocycles. The second-order valence-corrected chi connectivity index (χ2v) is 2.88. The van der Waals surface area contributed by atoms with Crippen molar-refractivity contribution >= 4 is 18.6 Å². The Bertz CT molecular complexity index is 329. The number of hydrogen-bond donors (Lipinski definition) is 0. The normalized spacial score (nSPS) is 9.82. The largest absolute Gasteiger partial charge is 0.350 e. The molecule has 0 heterocycles. The van der Waals surface area contributed by atoms with E-state index in [0.717, 1.165) is 11.8 Å². The second-order valence-electron chi connectivity index (χ2n) is 2.88. The van der Waals surface area contributed by atoms with E-state index in [2.05, 4.69) is 9.47 Å². The highest BCUT2D eigenvalue weighted by molar-refractivity contribution is 5.73. The van der Waals surface area contributed by atoms with Gasteiger partial charge in [0.25, 0.3) is 0 Å². The van der Waals surface area contributed by atoms with Gasteiger partial charge in [-0.1, -0.05) is 36.4 Å². The molecule has 17 heavy (non-hydrogen) atoms. The number of hydrogen-bond acceptors (Lipinski definition) is 4. The van der Waals surface area contributed by atoms with Gasteiger partial charge in [0, 0.05) is 14.2 Å². The van der Waals surface area contributed by atoms with E-state index in [9.17, 15) is 9.59 Å². The molecule has 0 bridgehead atoms. The van der Waals surface area contributed by atoms with Crippen molar-refractivity contribution in [3.63, 3.8) is 0 Å². The lowest BCUT2D eigenvalue weighted by atomic mass is 10.2. The molecule has 0 aliphatic carbocycles. The predicted molar refractivity (Wildman–Crippen MR) is 65.4 cm³/mol. The van der Waals surface area contributed by atoms with Crippen LogP contribution < -0.4 is 0 Å². The first-order valence-corrected chi connectivity index (χ1v) is 4.96. The molecule has 0 unspecified atom stereocenters. The zero-order valence-corrected chi connectivity index (χ0v) is 9.91. The average Bonchev–Trinajstić information content (AvgIpc) is 2.40. The highest BCUT2D eigenvalue weighted by Crippen LogP contribution is 1.99. The van der Waals surface area contributed by atoms with E-state index in [0.29, 0.717) is 6.29 Å². The minimum atomic E-state index is -0.694. The highest BCUT2D eigenvalue weighted by atomic mass is 16.7. The van der Waals surface area contributed by atoms with E-state index in [-0.39, 0.29) is 0 Å². The Labute approximate surface area is 101 Å². The summed E-state index contributed by atoms with van der Waals surface area (Å²) in [5.41, 5.74) is 1.05. The molecule has 0 aliphatic rings. The van der Waals surface area contributed by atoms with Gasteiger partial charge in [0.15, 0.2) is 6.29 Å². The Hall–Kier alpha value is -1.78. The number of carbonyl (C=O) groups is 2. The van der Waals surface area contributed by atoms with E-state index in [1.165, 1.54) is 20.3 Å². The summed E-state index contributed by atoms with van der Waals surface area (Å²) in [5.74, 6) is 0. The lowest BCUT2D eigenvalue weighted by molar-refractivity contribution is -0.143. The zero-order chi connectivity index (χ0) is 12.9. The first kappa shape index (κ1) is 15.2. The summed E-state index contributed by atoms with van der Waals surface area (Å²) < 4.78 is 8.92. The molecular weight excluding hydrogens is 220 g/mol. The standard InChI is InChI=1S/C9H8O.C4H8O3/c10-8-4-7-9-5-2-1-3-6-9;1-6-4(3-5)7-2/h1-8H;3-4H,1-2H3. The third-order valence-corrected chi connectivity index (χ3v) is 1.74. The smallest absolute Gasteiger partial charge is 0.214 e. The van der Waals surface area contributed by atoms with Crippen LogP contribution in [-0.4, -0.2) is 33.1 Å². The van der Waals surface area contributed by atoms with Crippen LogP contribution >= 0.6 is 0 Å². The van der Waals surface area contributed by atoms with E-state index in [1.807, 2.05) is 30.3 Å². The monoisotopic (exact) mass is 236 g/mol. The molecule has 0 spiro atoms.